The van der Waals surface area contributed by atoms with Crippen LogP contribution in [-0.4, -0.2) is 41.8 Å². The molecule has 1 rings (SSSR count). The van der Waals surface area contributed by atoms with Crippen LogP contribution in [0.3, 0.4) is 0 Å². The van der Waals surface area contributed by atoms with Gasteiger partial charge in [0.2, 0.25) is 5.95 Å². The van der Waals surface area contributed by atoms with E-state index in [1.165, 1.54) is 0 Å². The van der Waals surface area contributed by atoms with Gasteiger partial charge in [0, 0.05) is 44.4 Å². The number of methoxy groups -OCH3 is 1. The summed E-state index contributed by atoms with van der Waals surface area (Å²) < 4.78 is 7.27. The van der Waals surface area contributed by atoms with Crippen molar-refractivity contribution in [3.63, 3.8) is 0 Å². The first-order valence-corrected chi connectivity index (χ1v) is 7.47. The predicted octanol–water partition coefficient (Wildman–Crippen LogP) is 2.65. The van der Waals surface area contributed by atoms with Gasteiger partial charge in [0.15, 0.2) is 0 Å². The van der Waals surface area contributed by atoms with Crippen molar-refractivity contribution < 1.29 is 4.74 Å². The molecule has 1 aromatic heterocycles. The molecule has 17 heavy (non-hydrogen) atoms. The Balaban J connectivity index is 2.51. The Morgan fingerprint density at radius 2 is 2.41 bits per heavy atom. The Kier molecular flexibility index (Phi) is 7.12. The smallest absolute Gasteiger partial charge is 0.203 e. The molecular formula is C12H23N3OS. The first-order valence-electron chi connectivity index (χ1n) is 6.08. The van der Waals surface area contributed by atoms with Crippen LogP contribution in [0, 0.1) is 0 Å². The van der Waals surface area contributed by atoms with Crippen LogP contribution in [0.15, 0.2) is 12.4 Å². The van der Waals surface area contributed by atoms with Crippen LogP contribution in [0.25, 0.3) is 0 Å². The average molecular weight is 257 g/mol. The topological polar surface area (TPSA) is 39.1 Å². The number of nitrogens with one attached hydrogen (secondary N) is 1. The van der Waals surface area contributed by atoms with Gasteiger partial charge in [0.25, 0.3) is 0 Å². The van der Waals surface area contributed by atoms with Crippen LogP contribution in [0.1, 0.15) is 25.8 Å². The summed E-state index contributed by atoms with van der Waals surface area (Å²) in [6, 6.07) is 0.525. The van der Waals surface area contributed by atoms with E-state index in [4.69, 9.17) is 4.74 Å². The van der Waals surface area contributed by atoms with Crippen molar-refractivity contribution in [2.45, 2.75) is 25.8 Å². The monoisotopic (exact) mass is 257 g/mol. The van der Waals surface area contributed by atoms with Crippen LogP contribution >= 0.6 is 11.8 Å². The van der Waals surface area contributed by atoms with Crippen LogP contribution in [0.4, 0.5) is 5.95 Å². The highest BCUT2D eigenvalue weighted by atomic mass is 32.2. The highest BCUT2D eigenvalue weighted by molar-refractivity contribution is 7.98. The number of nitrogens with zero attached hydrogens (tertiary/aromatic N) is 2. The lowest BCUT2D eigenvalue weighted by Gasteiger charge is -2.18. The van der Waals surface area contributed by atoms with Crippen LogP contribution < -0.4 is 5.32 Å². The van der Waals surface area contributed by atoms with Crippen molar-refractivity contribution >= 4 is 17.7 Å². The molecule has 0 spiro atoms. The second kappa shape index (κ2) is 8.42. The molecular weight excluding hydrogens is 234 g/mol. The summed E-state index contributed by atoms with van der Waals surface area (Å²) in [5, 5.41) is 3.36. The Morgan fingerprint density at radius 1 is 1.59 bits per heavy atom. The number of rotatable bonds is 9. The summed E-state index contributed by atoms with van der Waals surface area (Å²) >= 11 is 1.88. The Labute approximate surface area is 108 Å². The van der Waals surface area contributed by atoms with Gasteiger partial charge >= 0.3 is 0 Å². The van der Waals surface area contributed by atoms with Crippen LogP contribution in [0.2, 0.25) is 0 Å². The standard InChI is InChI=1S/C12H23N3OS/c1-4-11(10-17-3)15-8-7-14-12(15)13-6-5-9-16-2/h7-8,11H,4-6,9-10H2,1-3H3,(H,13,14). The lowest BCUT2D eigenvalue weighted by atomic mass is 10.2. The van der Waals surface area contributed by atoms with Crippen molar-refractivity contribution in [3.8, 4) is 0 Å². The summed E-state index contributed by atoms with van der Waals surface area (Å²) in [6.45, 7) is 3.91. The van der Waals surface area contributed by atoms with Crippen molar-refractivity contribution in [2.75, 3.05) is 37.6 Å². The molecule has 1 aromatic rings. The Morgan fingerprint density at radius 3 is 3.06 bits per heavy atom. The van der Waals surface area contributed by atoms with E-state index in [0.29, 0.717) is 6.04 Å². The van der Waals surface area contributed by atoms with Gasteiger partial charge in [0.1, 0.15) is 0 Å². The quantitative estimate of drug-likeness (QED) is 0.690. The predicted molar refractivity (Wildman–Crippen MR) is 74.9 cm³/mol. The molecule has 1 atom stereocenters. The van der Waals surface area contributed by atoms with Crippen molar-refractivity contribution in [1.29, 1.82) is 0 Å². The molecule has 4 nitrogen and oxygen atoms in total. The maximum Gasteiger partial charge on any atom is 0.203 e. The lowest BCUT2D eigenvalue weighted by Crippen LogP contribution is -2.15. The molecule has 0 aliphatic rings. The number of aromatic nitrogens is 2. The summed E-state index contributed by atoms with van der Waals surface area (Å²) in [5.74, 6) is 2.10. The minimum atomic E-state index is 0.525. The molecule has 0 amide bonds. The SMILES string of the molecule is CCC(CSC)n1ccnc1NCCCOC. The van der Waals surface area contributed by atoms with Crippen LogP contribution in [0.5, 0.6) is 0 Å². The molecule has 5 heteroatoms. The Hall–Kier alpha value is -0.680. The van der Waals surface area contributed by atoms with Crippen LogP contribution in [-0.2, 0) is 4.74 Å². The van der Waals surface area contributed by atoms with E-state index < -0.39 is 0 Å². The lowest BCUT2D eigenvalue weighted by molar-refractivity contribution is 0.197. The molecule has 0 radical (unpaired) electrons. The number of hydrogen-bond donors (Lipinski definition) is 1. The molecule has 0 aromatic carbocycles. The third-order valence-corrected chi connectivity index (χ3v) is 3.42. The summed E-state index contributed by atoms with van der Waals surface area (Å²) in [6.07, 6.45) is 8.20. The van der Waals surface area contributed by atoms with E-state index >= 15 is 0 Å². The van der Waals surface area contributed by atoms with Gasteiger partial charge in [-0.2, -0.15) is 11.8 Å². The van der Waals surface area contributed by atoms with E-state index in [-0.39, 0.29) is 0 Å². The minimum Gasteiger partial charge on any atom is -0.385 e. The summed E-state index contributed by atoms with van der Waals surface area (Å²) in [5.41, 5.74) is 0. The third kappa shape index (κ3) is 4.60. The first-order chi connectivity index (χ1) is 8.33. The zero-order chi connectivity index (χ0) is 12.5. The fraction of sp³-hybridized carbons (Fsp3) is 0.750. The number of thioether (sulfide) groups is 1. The van der Waals surface area contributed by atoms with E-state index in [0.717, 1.165) is 37.7 Å². The van der Waals surface area contributed by atoms with Gasteiger partial charge in [0.05, 0.1) is 0 Å². The van der Waals surface area contributed by atoms with E-state index in [9.17, 15) is 0 Å². The second-order valence-electron chi connectivity index (χ2n) is 3.95. The van der Waals surface area contributed by atoms with Crippen molar-refractivity contribution in [3.05, 3.63) is 12.4 Å². The molecule has 0 aliphatic heterocycles. The average Bonchev–Trinajstić information content (AvgIpc) is 2.80. The zero-order valence-corrected chi connectivity index (χ0v) is 11.8. The van der Waals surface area contributed by atoms with Gasteiger partial charge < -0.3 is 14.6 Å². The fourth-order valence-electron chi connectivity index (χ4n) is 1.75. The normalized spacial score (nSPS) is 12.6. The molecule has 98 valence electrons. The van der Waals surface area contributed by atoms with E-state index in [1.54, 1.807) is 7.11 Å². The molecule has 1 unspecified atom stereocenters. The van der Waals surface area contributed by atoms with E-state index in [2.05, 4.69) is 34.2 Å². The number of imidazole rings is 1. The van der Waals surface area contributed by atoms with Crippen molar-refractivity contribution in [1.82, 2.24) is 9.55 Å². The minimum absolute atomic E-state index is 0.525. The maximum absolute atomic E-state index is 5.03. The van der Waals surface area contributed by atoms with Gasteiger partial charge in [-0.1, -0.05) is 6.92 Å². The summed E-state index contributed by atoms with van der Waals surface area (Å²) in [7, 11) is 1.73. The number of hydrogen-bond acceptors (Lipinski definition) is 4. The van der Waals surface area contributed by atoms with Gasteiger partial charge in [-0.05, 0) is 19.1 Å². The largest absolute Gasteiger partial charge is 0.385 e. The molecule has 0 bridgehead atoms. The molecule has 1 heterocycles. The Bertz CT molecular complexity index is 304. The molecule has 0 saturated carbocycles. The van der Waals surface area contributed by atoms with Gasteiger partial charge in [-0.3, -0.25) is 0 Å². The fourth-order valence-corrected chi connectivity index (χ4v) is 2.53. The zero-order valence-electron chi connectivity index (χ0n) is 11.0. The van der Waals surface area contributed by atoms with E-state index in [1.807, 2.05) is 18.0 Å². The maximum atomic E-state index is 5.03. The molecule has 1 N–H and O–H groups in total. The first kappa shape index (κ1) is 14.4. The highest BCUT2D eigenvalue weighted by Gasteiger charge is 2.11. The van der Waals surface area contributed by atoms with Gasteiger partial charge in [-0.15, -0.1) is 0 Å². The molecule has 0 aliphatic carbocycles. The summed E-state index contributed by atoms with van der Waals surface area (Å²) in [4.78, 5) is 4.37. The molecule has 0 saturated heterocycles. The van der Waals surface area contributed by atoms with Gasteiger partial charge in [-0.25, -0.2) is 4.98 Å². The van der Waals surface area contributed by atoms with Crippen molar-refractivity contribution in [2.24, 2.45) is 0 Å². The number of ether oxygens (including phenoxy) is 1. The second-order valence-corrected chi connectivity index (χ2v) is 4.86. The third-order valence-electron chi connectivity index (χ3n) is 2.70. The molecule has 0 fully saturated rings. The number of anilines is 1. The highest BCUT2D eigenvalue weighted by Crippen LogP contribution is 2.20.